The average molecular weight is 301 g/mol. The fraction of sp³-hybridized carbons (Fsp3) is 0.571. The molecular weight excluding hydrogens is 278 g/mol. The van der Waals surface area contributed by atoms with Crippen molar-refractivity contribution in [2.24, 2.45) is 0 Å². The van der Waals surface area contributed by atoms with Crippen molar-refractivity contribution in [3.8, 4) is 0 Å². The van der Waals surface area contributed by atoms with Crippen LogP contribution in [0.15, 0.2) is 29.2 Å². The molecule has 19 heavy (non-hydrogen) atoms. The van der Waals surface area contributed by atoms with Crippen molar-refractivity contribution in [3.63, 3.8) is 0 Å². The molecule has 0 heterocycles. The normalized spacial score (nSPS) is 17.7. The molecule has 0 radical (unpaired) electrons. The summed E-state index contributed by atoms with van der Waals surface area (Å²) in [6.07, 6.45) is 3.69. The number of aliphatic hydroxyl groups is 1. The van der Waals surface area contributed by atoms with Crippen LogP contribution in [0, 0.1) is 0 Å². The van der Waals surface area contributed by atoms with Crippen molar-refractivity contribution in [2.45, 2.75) is 36.1 Å². The first-order chi connectivity index (χ1) is 8.99. The second-order valence-electron chi connectivity index (χ2n) is 4.66. The number of benzene rings is 1. The van der Waals surface area contributed by atoms with Gasteiger partial charge in [0.15, 0.2) is 0 Å². The molecule has 0 aromatic heterocycles. The average Bonchev–Trinajstić information content (AvgIpc) is 2.40. The molecule has 2 N–H and O–H groups in total. The van der Waals surface area contributed by atoms with Crippen molar-refractivity contribution in [3.05, 3.63) is 29.8 Å². The van der Waals surface area contributed by atoms with Crippen LogP contribution in [-0.4, -0.2) is 39.7 Å². The Morgan fingerprint density at radius 3 is 2.32 bits per heavy atom. The van der Waals surface area contributed by atoms with Gasteiger partial charge in [0.2, 0.25) is 0 Å². The van der Waals surface area contributed by atoms with E-state index in [2.05, 4.69) is 19.2 Å². The molecule has 4 unspecified atom stereocenters. The summed E-state index contributed by atoms with van der Waals surface area (Å²) in [5.74, 6) is 0. The first-order valence-corrected chi connectivity index (χ1v) is 9.17. The van der Waals surface area contributed by atoms with Crippen LogP contribution in [0.5, 0.6) is 0 Å². The van der Waals surface area contributed by atoms with Crippen LogP contribution in [-0.2, 0) is 10.8 Å². The summed E-state index contributed by atoms with van der Waals surface area (Å²) < 4.78 is 11.3. The van der Waals surface area contributed by atoms with E-state index in [1.165, 1.54) is 5.56 Å². The highest BCUT2D eigenvalue weighted by Crippen LogP contribution is 2.18. The maximum atomic E-state index is 11.3. The van der Waals surface area contributed by atoms with E-state index in [-0.39, 0.29) is 23.9 Å². The maximum absolute atomic E-state index is 11.3. The third-order valence-corrected chi connectivity index (χ3v) is 5.36. The van der Waals surface area contributed by atoms with E-state index in [4.69, 9.17) is 0 Å². The highest BCUT2D eigenvalue weighted by molar-refractivity contribution is 7.99. The number of thioether (sulfide) groups is 1. The van der Waals surface area contributed by atoms with Crippen LogP contribution in [0.1, 0.15) is 25.5 Å². The van der Waals surface area contributed by atoms with E-state index < -0.39 is 10.8 Å². The van der Waals surface area contributed by atoms with Crippen molar-refractivity contribution in [2.75, 3.05) is 19.1 Å². The standard InChI is InChI=1S/C14H23NO2S2/c1-10(15-11(2)14(9-16)18-3)12-5-7-13(8-6-12)19(4)17/h5-8,10-11,14-16H,9H2,1-4H3. The molecule has 0 aliphatic heterocycles. The molecule has 3 nitrogen and oxygen atoms in total. The molecule has 0 aliphatic carbocycles. The molecule has 0 fully saturated rings. The van der Waals surface area contributed by atoms with Gasteiger partial charge >= 0.3 is 0 Å². The van der Waals surface area contributed by atoms with E-state index >= 15 is 0 Å². The van der Waals surface area contributed by atoms with Crippen LogP contribution >= 0.6 is 11.8 Å². The molecule has 0 aliphatic rings. The van der Waals surface area contributed by atoms with E-state index in [1.54, 1.807) is 18.0 Å². The summed E-state index contributed by atoms with van der Waals surface area (Å²) in [6, 6.07) is 8.27. The van der Waals surface area contributed by atoms with Crippen molar-refractivity contribution >= 4 is 22.6 Å². The maximum Gasteiger partial charge on any atom is 0.0564 e. The molecule has 108 valence electrons. The summed E-state index contributed by atoms with van der Waals surface area (Å²) in [5, 5.41) is 13.0. The zero-order valence-electron chi connectivity index (χ0n) is 11.9. The van der Waals surface area contributed by atoms with Gasteiger partial charge in [0, 0.05) is 39.3 Å². The molecule has 5 heteroatoms. The SMILES string of the molecule is CSC(CO)C(C)NC(C)c1ccc(S(C)=O)cc1. The van der Waals surface area contributed by atoms with E-state index in [1.807, 2.05) is 30.5 Å². The monoisotopic (exact) mass is 301 g/mol. The third kappa shape index (κ3) is 4.91. The first kappa shape index (κ1) is 16.7. The van der Waals surface area contributed by atoms with Gasteiger partial charge in [-0.15, -0.1) is 0 Å². The summed E-state index contributed by atoms with van der Waals surface area (Å²) in [6.45, 7) is 4.36. The van der Waals surface area contributed by atoms with Crippen molar-refractivity contribution in [1.29, 1.82) is 0 Å². The van der Waals surface area contributed by atoms with Gasteiger partial charge < -0.3 is 10.4 Å². The van der Waals surface area contributed by atoms with Crippen molar-refractivity contribution < 1.29 is 9.32 Å². The number of hydrogen-bond acceptors (Lipinski definition) is 4. The minimum atomic E-state index is -0.928. The van der Waals surface area contributed by atoms with E-state index in [9.17, 15) is 9.32 Å². The predicted molar refractivity (Wildman–Crippen MR) is 84.2 cm³/mol. The molecule has 0 saturated carbocycles. The fourth-order valence-electron chi connectivity index (χ4n) is 1.98. The van der Waals surface area contributed by atoms with Crippen LogP contribution in [0.3, 0.4) is 0 Å². The summed E-state index contributed by atoms with van der Waals surface area (Å²) >= 11 is 1.67. The van der Waals surface area contributed by atoms with Gasteiger partial charge in [-0.2, -0.15) is 11.8 Å². The Hall–Kier alpha value is -0.360. The Labute approximate surface area is 122 Å². The molecule has 0 saturated heterocycles. The fourth-order valence-corrected chi connectivity index (χ4v) is 3.14. The van der Waals surface area contributed by atoms with Gasteiger partial charge in [-0.25, -0.2) is 0 Å². The minimum absolute atomic E-state index is 0.176. The lowest BCUT2D eigenvalue weighted by Gasteiger charge is -2.25. The van der Waals surface area contributed by atoms with Crippen LogP contribution in [0.25, 0.3) is 0 Å². The quantitative estimate of drug-likeness (QED) is 0.810. The predicted octanol–water partition coefficient (Wildman–Crippen LogP) is 2.19. The number of hydrogen-bond donors (Lipinski definition) is 2. The molecule has 1 aromatic carbocycles. The summed E-state index contributed by atoms with van der Waals surface area (Å²) in [5.41, 5.74) is 1.17. The van der Waals surface area contributed by atoms with Crippen LogP contribution in [0.2, 0.25) is 0 Å². The third-order valence-electron chi connectivity index (χ3n) is 3.27. The summed E-state index contributed by atoms with van der Waals surface area (Å²) in [7, 11) is -0.928. The van der Waals surface area contributed by atoms with E-state index in [0.717, 1.165) is 4.90 Å². The molecule has 1 aromatic rings. The van der Waals surface area contributed by atoms with Gasteiger partial charge in [-0.3, -0.25) is 4.21 Å². The second kappa shape index (κ2) is 8.04. The van der Waals surface area contributed by atoms with Gasteiger partial charge in [-0.05, 0) is 37.8 Å². The Kier molecular flexibility index (Phi) is 7.07. The lowest BCUT2D eigenvalue weighted by Crippen LogP contribution is -2.38. The lowest BCUT2D eigenvalue weighted by atomic mass is 10.1. The largest absolute Gasteiger partial charge is 0.395 e. The minimum Gasteiger partial charge on any atom is -0.395 e. The second-order valence-corrected chi connectivity index (χ2v) is 7.11. The van der Waals surface area contributed by atoms with E-state index in [0.29, 0.717) is 0 Å². The number of aliphatic hydroxyl groups excluding tert-OH is 1. The van der Waals surface area contributed by atoms with Crippen LogP contribution in [0.4, 0.5) is 0 Å². The Balaban J connectivity index is 2.67. The Morgan fingerprint density at radius 1 is 1.32 bits per heavy atom. The highest BCUT2D eigenvalue weighted by atomic mass is 32.2. The van der Waals surface area contributed by atoms with Crippen LogP contribution < -0.4 is 5.32 Å². The zero-order chi connectivity index (χ0) is 14.4. The smallest absolute Gasteiger partial charge is 0.0564 e. The van der Waals surface area contributed by atoms with Gasteiger partial charge in [-0.1, -0.05) is 12.1 Å². The zero-order valence-corrected chi connectivity index (χ0v) is 13.6. The van der Waals surface area contributed by atoms with Gasteiger partial charge in [0.25, 0.3) is 0 Å². The lowest BCUT2D eigenvalue weighted by molar-refractivity contribution is 0.272. The molecule has 0 bridgehead atoms. The van der Waals surface area contributed by atoms with Gasteiger partial charge in [0.1, 0.15) is 0 Å². The Morgan fingerprint density at radius 2 is 1.89 bits per heavy atom. The molecule has 1 rings (SSSR count). The Bertz CT molecular complexity index is 404. The first-order valence-electron chi connectivity index (χ1n) is 6.32. The van der Waals surface area contributed by atoms with Crippen molar-refractivity contribution in [1.82, 2.24) is 5.32 Å². The number of rotatable bonds is 7. The molecular formula is C14H23NO2S2. The molecule has 0 spiro atoms. The number of nitrogens with one attached hydrogen (secondary N) is 1. The van der Waals surface area contributed by atoms with Gasteiger partial charge in [0.05, 0.1) is 6.61 Å². The molecule has 0 amide bonds. The topological polar surface area (TPSA) is 49.3 Å². The highest BCUT2D eigenvalue weighted by Gasteiger charge is 2.17. The molecule has 4 atom stereocenters. The summed E-state index contributed by atoms with van der Waals surface area (Å²) in [4.78, 5) is 0.848.